The first-order valence-corrected chi connectivity index (χ1v) is 11.7. The van der Waals surface area contributed by atoms with Gasteiger partial charge in [0.1, 0.15) is 5.82 Å². The highest BCUT2D eigenvalue weighted by Crippen LogP contribution is 2.28. The van der Waals surface area contributed by atoms with Crippen LogP contribution in [-0.4, -0.2) is 31.8 Å². The average molecular weight is 507 g/mol. The summed E-state index contributed by atoms with van der Waals surface area (Å²) in [6, 6.07) is 7.07. The van der Waals surface area contributed by atoms with Crippen LogP contribution in [0.15, 0.2) is 67.4 Å². The lowest BCUT2D eigenvalue weighted by atomic mass is 10.2. The largest absolute Gasteiger partial charge is 0.388 e. The van der Waals surface area contributed by atoms with Crippen molar-refractivity contribution in [2.75, 3.05) is 17.7 Å². The minimum absolute atomic E-state index is 0.0705. The van der Waals surface area contributed by atoms with Gasteiger partial charge in [0.2, 0.25) is 0 Å². The number of urea groups is 1. The van der Waals surface area contributed by atoms with Crippen LogP contribution in [0.25, 0.3) is 16.7 Å². The van der Waals surface area contributed by atoms with Gasteiger partial charge in [0.25, 0.3) is 5.56 Å². The zero-order valence-electron chi connectivity index (χ0n) is 17.5. The van der Waals surface area contributed by atoms with E-state index in [4.69, 9.17) is 11.6 Å². The van der Waals surface area contributed by atoms with Gasteiger partial charge in [-0.2, -0.15) is 0 Å². The number of halogens is 1. The van der Waals surface area contributed by atoms with Crippen LogP contribution in [0.3, 0.4) is 0 Å². The van der Waals surface area contributed by atoms with E-state index in [1.165, 1.54) is 18.3 Å². The van der Waals surface area contributed by atoms with Crippen molar-refractivity contribution >= 4 is 62.7 Å². The number of H-pyrrole nitrogens is 1. The number of pyridine rings is 1. The normalized spacial score (nSPS) is 12.3. The van der Waals surface area contributed by atoms with E-state index in [9.17, 15) is 18.6 Å². The van der Waals surface area contributed by atoms with Crippen molar-refractivity contribution in [3.8, 4) is 5.82 Å². The first-order valence-electron chi connectivity index (χ1n) is 9.34. The molecule has 0 saturated heterocycles. The Balaban J connectivity index is 1.77. The van der Waals surface area contributed by atoms with Crippen LogP contribution in [0.1, 0.15) is 6.92 Å². The van der Waals surface area contributed by atoms with E-state index in [1.807, 2.05) is 0 Å². The predicted molar refractivity (Wildman–Crippen MR) is 134 cm³/mol. The van der Waals surface area contributed by atoms with E-state index >= 15 is 0 Å². The Morgan fingerprint density at radius 3 is 2.64 bits per heavy atom. The summed E-state index contributed by atoms with van der Waals surface area (Å²) in [6.45, 7) is 5.32. The number of benzene rings is 1. The number of carbonyl (C=O) groups excluding carboxylic acids is 1. The zero-order chi connectivity index (χ0) is 24.1. The number of thioether (sulfide) groups is 1. The zero-order valence-corrected chi connectivity index (χ0v) is 19.9. The third-order valence-electron chi connectivity index (χ3n) is 4.25. The summed E-state index contributed by atoms with van der Waals surface area (Å²) in [5.41, 5.74) is 0.204. The molecule has 2 amide bonds. The van der Waals surface area contributed by atoms with Gasteiger partial charge < -0.3 is 15.6 Å². The second kappa shape index (κ2) is 10.5. The van der Waals surface area contributed by atoms with Crippen molar-refractivity contribution in [2.24, 2.45) is 0 Å². The van der Waals surface area contributed by atoms with Crippen LogP contribution in [0.5, 0.6) is 0 Å². The minimum atomic E-state index is -1.88. The molecule has 3 aromatic rings. The lowest BCUT2D eigenvalue weighted by molar-refractivity contribution is 0.257. The van der Waals surface area contributed by atoms with Gasteiger partial charge in [0.15, 0.2) is 11.0 Å². The molecule has 2 heterocycles. The van der Waals surface area contributed by atoms with Crippen LogP contribution >= 0.6 is 23.4 Å². The number of carbonyl (C=O) groups is 1. The Hall–Kier alpha value is -3.35. The van der Waals surface area contributed by atoms with Crippen LogP contribution in [0.4, 0.5) is 16.2 Å². The molecule has 0 fully saturated rings. The predicted octanol–water partition coefficient (Wildman–Crippen LogP) is 3.21. The summed E-state index contributed by atoms with van der Waals surface area (Å²) in [6.07, 6.45) is 2.87. The topological polar surface area (TPSA) is 138 Å². The van der Waals surface area contributed by atoms with Crippen LogP contribution in [0, 0.1) is 0 Å². The SMILES string of the molecule is C=C(S/C(Cl)=C\C)S(=O)NC(=O)Nc1ccc(-n2c(=O)[nH]c3cc(NC)ccc3c2=O)nc1. The Morgan fingerprint density at radius 2 is 2.00 bits per heavy atom. The summed E-state index contributed by atoms with van der Waals surface area (Å²) in [5, 5.41) is 5.72. The number of rotatable bonds is 7. The number of hydrogen-bond donors (Lipinski definition) is 4. The Labute approximate surface area is 199 Å². The van der Waals surface area contributed by atoms with Gasteiger partial charge in [0.05, 0.1) is 31.4 Å². The number of nitrogens with zero attached hydrogens (tertiary/aromatic N) is 2. The van der Waals surface area contributed by atoms with E-state index in [1.54, 1.807) is 38.2 Å². The monoisotopic (exact) mass is 506 g/mol. The molecule has 0 aliphatic carbocycles. The van der Waals surface area contributed by atoms with Gasteiger partial charge >= 0.3 is 11.7 Å². The number of hydrogen-bond acceptors (Lipinski definition) is 7. The first-order chi connectivity index (χ1) is 15.7. The van der Waals surface area contributed by atoms with Crippen molar-refractivity contribution in [2.45, 2.75) is 6.92 Å². The third kappa shape index (κ3) is 5.72. The molecule has 0 aliphatic rings. The Morgan fingerprint density at radius 1 is 1.27 bits per heavy atom. The molecule has 0 aliphatic heterocycles. The highest BCUT2D eigenvalue weighted by Gasteiger charge is 2.14. The molecule has 172 valence electrons. The van der Waals surface area contributed by atoms with E-state index in [0.717, 1.165) is 22.0 Å². The highest BCUT2D eigenvalue weighted by molar-refractivity contribution is 8.19. The molecule has 33 heavy (non-hydrogen) atoms. The van der Waals surface area contributed by atoms with Crippen molar-refractivity contribution < 1.29 is 9.00 Å². The fourth-order valence-electron chi connectivity index (χ4n) is 2.68. The van der Waals surface area contributed by atoms with Crippen LogP contribution in [0.2, 0.25) is 0 Å². The highest BCUT2D eigenvalue weighted by atomic mass is 35.5. The van der Waals surface area contributed by atoms with Crippen molar-refractivity contribution in [1.82, 2.24) is 19.3 Å². The number of allylic oxidation sites excluding steroid dienone is 1. The second-order valence-corrected chi connectivity index (χ2v) is 9.64. The number of aromatic amines is 1. The van der Waals surface area contributed by atoms with E-state index in [-0.39, 0.29) is 15.7 Å². The maximum atomic E-state index is 12.8. The van der Waals surface area contributed by atoms with E-state index in [0.29, 0.717) is 15.3 Å². The lowest BCUT2D eigenvalue weighted by Crippen LogP contribution is -2.34. The molecule has 4 N–H and O–H groups in total. The van der Waals surface area contributed by atoms with Crippen LogP contribution in [-0.2, 0) is 11.0 Å². The third-order valence-corrected chi connectivity index (χ3v) is 6.85. The first kappa shape index (κ1) is 24.3. The number of anilines is 2. The molecule has 1 unspecified atom stereocenters. The van der Waals surface area contributed by atoms with Crippen LogP contribution < -0.4 is 26.6 Å². The Bertz CT molecular complexity index is 1400. The standard InChI is InChI=1S/C20H19ClN6O4S2/c1-4-16(21)32-11(2)33(31)26-19(29)24-13-6-8-17(23-10-13)27-18(28)14-7-5-12(22-3)9-15(14)25-20(27)30/h4-10,22H,2H2,1,3H3,(H,25,30)(H2,24,26,29)/b16-4-. The summed E-state index contributed by atoms with van der Waals surface area (Å²) < 4.78 is 15.7. The summed E-state index contributed by atoms with van der Waals surface area (Å²) in [5.74, 6) is 0.0705. The lowest BCUT2D eigenvalue weighted by Gasteiger charge is -2.10. The maximum absolute atomic E-state index is 12.8. The molecular formula is C20H19ClN6O4S2. The molecule has 0 spiro atoms. The summed E-state index contributed by atoms with van der Waals surface area (Å²) in [7, 11) is -0.153. The smallest absolute Gasteiger partial charge is 0.334 e. The summed E-state index contributed by atoms with van der Waals surface area (Å²) >= 11 is 6.81. The van der Waals surface area contributed by atoms with E-state index < -0.39 is 28.3 Å². The fraction of sp³-hybridized carbons (Fsp3) is 0.100. The summed E-state index contributed by atoms with van der Waals surface area (Å²) in [4.78, 5) is 44.2. The molecule has 0 bridgehead atoms. The van der Waals surface area contributed by atoms with Gasteiger partial charge in [-0.25, -0.2) is 23.3 Å². The van der Waals surface area contributed by atoms with Gasteiger partial charge in [-0.1, -0.05) is 36.0 Å². The number of aromatic nitrogens is 3. The number of fused-ring (bicyclic) bond motifs is 1. The molecule has 0 saturated carbocycles. The average Bonchev–Trinajstić information content (AvgIpc) is 2.79. The molecule has 10 nitrogen and oxygen atoms in total. The molecule has 3 rings (SSSR count). The molecule has 2 aromatic heterocycles. The molecule has 1 aromatic carbocycles. The Kier molecular flexibility index (Phi) is 7.74. The molecule has 1 atom stereocenters. The van der Waals surface area contributed by atoms with Gasteiger partial charge in [-0.05, 0) is 37.3 Å². The number of amides is 2. The molecular weight excluding hydrogens is 488 g/mol. The minimum Gasteiger partial charge on any atom is -0.388 e. The van der Waals surface area contributed by atoms with Crippen molar-refractivity contribution in [3.63, 3.8) is 0 Å². The van der Waals surface area contributed by atoms with E-state index in [2.05, 4.69) is 31.9 Å². The number of nitrogens with one attached hydrogen (secondary N) is 4. The van der Waals surface area contributed by atoms with Crippen molar-refractivity contribution in [3.05, 3.63) is 78.6 Å². The molecule has 0 radical (unpaired) electrons. The van der Waals surface area contributed by atoms with Crippen molar-refractivity contribution in [1.29, 1.82) is 0 Å². The van der Waals surface area contributed by atoms with Gasteiger partial charge in [0, 0.05) is 12.7 Å². The maximum Gasteiger partial charge on any atom is 0.334 e. The second-order valence-electron chi connectivity index (χ2n) is 6.38. The fourth-order valence-corrected chi connectivity index (χ4v) is 4.46. The van der Waals surface area contributed by atoms with Gasteiger partial charge in [-0.3, -0.25) is 9.52 Å². The molecule has 13 heteroatoms. The quantitative estimate of drug-likeness (QED) is 0.386. The van der Waals surface area contributed by atoms with Gasteiger partial charge in [-0.15, -0.1) is 0 Å².